The highest BCUT2D eigenvalue weighted by Gasteiger charge is 2.17. The third-order valence-electron chi connectivity index (χ3n) is 5.75. The average Bonchev–Trinajstić information content (AvgIpc) is 2.69. The van der Waals surface area contributed by atoms with Gasteiger partial charge in [-0.15, -0.1) is 0 Å². The first-order valence-electron chi connectivity index (χ1n) is 10.6. The zero-order valence-electron chi connectivity index (χ0n) is 17.7. The Morgan fingerprint density at radius 3 is 1.89 bits per heavy atom. The Labute approximate surface area is 165 Å². The molecule has 0 aliphatic rings. The highest BCUT2D eigenvalue weighted by Crippen LogP contribution is 2.36. The normalized spacial score (nSPS) is 12.3. The molecule has 148 valence electrons. The topological polar surface area (TPSA) is 40.5 Å². The number of phenols is 2. The summed E-state index contributed by atoms with van der Waals surface area (Å²) >= 11 is 0. The number of aromatic hydroxyl groups is 2. The van der Waals surface area contributed by atoms with E-state index in [9.17, 15) is 10.2 Å². The molecule has 0 spiro atoms. The molecule has 0 heterocycles. The second kappa shape index (κ2) is 9.82. The maximum atomic E-state index is 10.9. The standard InChI is InChI=1S/C25H36O2/c1-6-10-11-20-12-18(8-3)13-21(24(20)26)16-22-14-19(9-4)15-23(25(22)27)17(5)7-2/h12-15,17,26-27H,6-11,16H2,1-5H3. The number of benzene rings is 2. The van der Waals surface area contributed by atoms with E-state index in [2.05, 4.69) is 58.9 Å². The van der Waals surface area contributed by atoms with Crippen molar-refractivity contribution in [1.29, 1.82) is 0 Å². The van der Waals surface area contributed by atoms with E-state index < -0.39 is 0 Å². The molecule has 0 aliphatic carbocycles. The fourth-order valence-electron chi connectivity index (χ4n) is 3.66. The van der Waals surface area contributed by atoms with E-state index in [1.807, 2.05) is 0 Å². The highest BCUT2D eigenvalue weighted by molar-refractivity contribution is 5.51. The maximum absolute atomic E-state index is 10.9. The summed E-state index contributed by atoms with van der Waals surface area (Å²) in [6.07, 6.45) is 6.56. The smallest absolute Gasteiger partial charge is 0.122 e. The van der Waals surface area contributed by atoms with Crippen LogP contribution in [-0.4, -0.2) is 10.2 Å². The second-order valence-corrected chi connectivity index (χ2v) is 7.75. The number of hydrogen-bond donors (Lipinski definition) is 2. The number of aryl methyl sites for hydroxylation is 3. The fraction of sp³-hybridized carbons (Fsp3) is 0.520. The lowest BCUT2D eigenvalue weighted by molar-refractivity contribution is 0.451. The first-order chi connectivity index (χ1) is 12.9. The molecule has 0 aliphatic heterocycles. The van der Waals surface area contributed by atoms with Crippen molar-refractivity contribution in [2.45, 2.75) is 85.5 Å². The van der Waals surface area contributed by atoms with Crippen molar-refractivity contribution in [3.63, 3.8) is 0 Å². The van der Waals surface area contributed by atoms with Crippen LogP contribution in [0.3, 0.4) is 0 Å². The van der Waals surface area contributed by atoms with Gasteiger partial charge < -0.3 is 10.2 Å². The van der Waals surface area contributed by atoms with E-state index in [1.54, 1.807) is 0 Å². The predicted molar refractivity (Wildman–Crippen MR) is 115 cm³/mol. The minimum absolute atomic E-state index is 0.325. The van der Waals surface area contributed by atoms with Crippen LogP contribution in [0, 0.1) is 0 Å². The van der Waals surface area contributed by atoms with Crippen LogP contribution in [0.25, 0.3) is 0 Å². The molecule has 27 heavy (non-hydrogen) atoms. The number of rotatable bonds is 9. The van der Waals surface area contributed by atoms with Crippen LogP contribution in [0.2, 0.25) is 0 Å². The van der Waals surface area contributed by atoms with Gasteiger partial charge in [0.05, 0.1) is 0 Å². The van der Waals surface area contributed by atoms with E-state index in [0.717, 1.165) is 60.8 Å². The van der Waals surface area contributed by atoms with Gasteiger partial charge in [0.1, 0.15) is 11.5 Å². The van der Waals surface area contributed by atoms with E-state index in [0.29, 0.717) is 23.8 Å². The van der Waals surface area contributed by atoms with Crippen LogP contribution >= 0.6 is 0 Å². The summed E-state index contributed by atoms with van der Waals surface area (Å²) < 4.78 is 0. The molecule has 0 amide bonds. The number of hydrogen-bond acceptors (Lipinski definition) is 2. The van der Waals surface area contributed by atoms with Gasteiger partial charge in [0.2, 0.25) is 0 Å². The maximum Gasteiger partial charge on any atom is 0.122 e. The number of unbranched alkanes of at least 4 members (excludes halogenated alkanes) is 1. The molecule has 2 aromatic carbocycles. The summed E-state index contributed by atoms with van der Waals surface area (Å²) in [7, 11) is 0. The van der Waals surface area contributed by atoms with Crippen molar-refractivity contribution in [2.24, 2.45) is 0 Å². The van der Waals surface area contributed by atoms with Crippen molar-refractivity contribution in [3.05, 3.63) is 57.6 Å². The lowest BCUT2D eigenvalue weighted by Gasteiger charge is -2.18. The summed E-state index contributed by atoms with van der Waals surface area (Å²) in [5.41, 5.74) is 6.43. The third kappa shape index (κ3) is 5.06. The molecule has 2 rings (SSSR count). The highest BCUT2D eigenvalue weighted by atomic mass is 16.3. The Balaban J connectivity index is 2.49. The van der Waals surface area contributed by atoms with Crippen molar-refractivity contribution >= 4 is 0 Å². The largest absolute Gasteiger partial charge is 0.507 e. The summed E-state index contributed by atoms with van der Waals surface area (Å²) in [6, 6.07) is 8.49. The van der Waals surface area contributed by atoms with Gasteiger partial charge in [-0.25, -0.2) is 0 Å². The monoisotopic (exact) mass is 368 g/mol. The number of phenolic OH excluding ortho intramolecular Hbond substituents is 2. The average molecular weight is 369 g/mol. The Morgan fingerprint density at radius 2 is 1.33 bits per heavy atom. The van der Waals surface area contributed by atoms with Crippen LogP contribution in [-0.2, 0) is 25.7 Å². The van der Waals surface area contributed by atoms with Crippen molar-refractivity contribution in [2.75, 3.05) is 0 Å². The molecule has 1 atom stereocenters. The van der Waals surface area contributed by atoms with Gasteiger partial charge in [-0.05, 0) is 71.4 Å². The quantitative estimate of drug-likeness (QED) is 0.519. The van der Waals surface area contributed by atoms with Crippen molar-refractivity contribution in [1.82, 2.24) is 0 Å². The summed E-state index contributed by atoms with van der Waals surface area (Å²) in [5, 5.41) is 21.8. The van der Waals surface area contributed by atoms with Crippen LogP contribution in [0.4, 0.5) is 0 Å². The SMILES string of the molecule is CCCCc1cc(CC)cc(Cc2cc(CC)cc(C(C)CC)c2O)c1O. The molecule has 1 unspecified atom stereocenters. The predicted octanol–water partition coefficient (Wildman–Crippen LogP) is 6.67. The summed E-state index contributed by atoms with van der Waals surface area (Å²) in [5.74, 6) is 1.14. The van der Waals surface area contributed by atoms with E-state index in [-0.39, 0.29) is 0 Å². The van der Waals surface area contributed by atoms with Crippen LogP contribution in [0.5, 0.6) is 11.5 Å². The third-order valence-corrected chi connectivity index (χ3v) is 5.75. The summed E-state index contributed by atoms with van der Waals surface area (Å²) in [6.45, 7) is 10.8. The molecule has 0 saturated heterocycles. The van der Waals surface area contributed by atoms with E-state index in [1.165, 1.54) is 11.1 Å². The lowest BCUT2D eigenvalue weighted by Crippen LogP contribution is -2.01. The van der Waals surface area contributed by atoms with E-state index >= 15 is 0 Å². The Bertz CT molecular complexity index is 761. The van der Waals surface area contributed by atoms with E-state index in [4.69, 9.17) is 0 Å². The van der Waals surface area contributed by atoms with Crippen LogP contribution in [0.15, 0.2) is 24.3 Å². The Hall–Kier alpha value is -1.96. The van der Waals surface area contributed by atoms with Crippen LogP contribution < -0.4 is 0 Å². The minimum atomic E-state index is 0.325. The van der Waals surface area contributed by atoms with Gasteiger partial charge in [-0.1, -0.05) is 65.3 Å². The molecule has 0 radical (unpaired) electrons. The lowest BCUT2D eigenvalue weighted by atomic mass is 9.89. The molecule has 0 bridgehead atoms. The Morgan fingerprint density at radius 1 is 0.778 bits per heavy atom. The fourth-order valence-corrected chi connectivity index (χ4v) is 3.66. The van der Waals surface area contributed by atoms with Crippen LogP contribution in [0.1, 0.15) is 93.2 Å². The molecule has 0 aromatic heterocycles. The van der Waals surface area contributed by atoms with Gasteiger partial charge in [0.15, 0.2) is 0 Å². The second-order valence-electron chi connectivity index (χ2n) is 7.75. The minimum Gasteiger partial charge on any atom is -0.507 e. The zero-order valence-corrected chi connectivity index (χ0v) is 17.7. The molecular formula is C25H36O2. The molecule has 0 saturated carbocycles. The molecular weight excluding hydrogens is 332 g/mol. The van der Waals surface area contributed by atoms with Crippen molar-refractivity contribution in [3.8, 4) is 11.5 Å². The molecule has 2 N–H and O–H groups in total. The van der Waals surface area contributed by atoms with Gasteiger partial charge >= 0.3 is 0 Å². The zero-order chi connectivity index (χ0) is 20.0. The molecule has 0 fully saturated rings. The molecule has 2 nitrogen and oxygen atoms in total. The van der Waals surface area contributed by atoms with Gasteiger partial charge in [0, 0.05) is 6.42 Å². The first kappa shape index (κ1) is 21.3. The Kier molecular flexibility index (Phi) is 7.77. The summed E-state index contributed by atoms with van der Waals surface area (Å²) in [4.78, 5) is 0. The van der Waals surface area contributed by atoms with Gasteiger partial charge in [0.25, 0.3) is 0 Å². The van der Waals surface area contributed by atoms with Gasteiger partial charge in [-0.2, -0.15) is 0 Å². The van der Waals surface area contributed by atoms with Gasteiger partial charge in [-0.3, -0.25) is 0 Å². The molecule has 2 heteroatoms. The van der Waals surface area contributed by atoms with Crippen molar-refractivity contribution < 1.29 is 10.2 Å². The first-order valence-corrected chi connectivity index (χ1v) is 10.6. The molecule has 2 aromatic rings.